The molecular weight excluding hydrogens is 234 g/mol. The lowest BCUT2D eigenvalue weighted by molar-refractivity contribution is -0.131. The van der Waals surface area contributed by atoms with Crippen LogP contribution in [0.25, 0.3) is 0 Å². The number of carbonyl (C=O) groups is 1. The standard InChI is InChI=1S/C17H29NO/c1-4-17(19)18(11-13(2)3)12-15-10-16(15)14-8-6-5-7-9-14/h5-6,13-16H,4,7-12H2,1-3H3. The molecule has 0 saturated heterocycles. The number of allylic oxidation sites excluding steroid dienone is 2. The zero-order valence-corrected chi connectivity index (χ0v) is 12.8. The van der Waals surface area contributed by atoms with Crippen LogP contribution in [0.15, 0.2) is 12.2 Å². The van der Waals surface area contributed by atoms with Gasteiger partial charge in [-0.05, 0) is 49.4 Å². The van der Waals surface area contributed by atoms with Gasteiger partial charge in [0.05, 0.1) is 0 Å². The fourth-order valence-corrected chi connectivity index (χ4v) is 3.49. The maximum atomic E-state index is 12.0. The molecule has 3 atom stereocenters. The van der Waals surface area contributed by atoms with Crippen molar-refractivity contribution in [2.75, 3.05) is 13.1 Å². The third kappa shape index (κ3) is 4.09. The Morgan fingerprint density at radius 1 is 1.37 bits per heavy atom. The summed E-state index contributed by atoms with van der Waals surface area (Å²) >= 11 is 0. The lowest BCUT2D eigenvalue weighted by Gasteiger charge is -2.25. The molecule has 0 aromatic heterocycles. The van der Waals surface area contributed by atoms with Crippen molar-refractivity contribution in [2.24, 2.45) is 23.7 Å². The minimum Gasteiger partial charge on any atom is -0.342 e. The topological polar surface area (TPSA) is 20.3 Å². The molecule has 2 heteroatoms. The molecule has 2 aliphatic carbocycles. The van der Waals surface area contributed by atoms with E-state index >= 15 is 0 Å². The Bertz CT molecular complexity index is 334. The van der Waals surface area contributed by atoms with Gasteiger partial charge in [-0.3, -0.25) is 4.79 Å². The molecule has 1 saturated carbocycles. The van der Waals surface area contributed by atoms with Crippen LogP contribution in [0.4, 0.5) is 0 Å². The third-order valence-corrected chi connectivity index (χ3v) is 4.59. The number of hydrogen-bond donors (Lipinski definition) is 0. The molecule has 0 spiro atoms. The molecule has 2 nitrogen and oxygen atoms in total. The van der Waals surface area contributed by atoms with Crippen LogP contribution < -0.4 is 0 Å². The number of hydrogen-bond acceptors (Lipinski definition) is 1. The molecule has 0 radical (unpaired) electrons. The molecule has 0 bridgehead atoms. The minimum atomic E-state index is 0.336. The summed E-state index contributed by atoms with van der Waals surface area (Å²) in [5, 5.41) is 0. The average Bonchev–Trinajstić information content (AvgIpc) is 3.17. The van der Waals surface area contributed by atoms with E-state index in [0.29, 0.717) is 18.2 Å². The second kappa shape index (κ2) is 6.58. The number of amides is 1. The van der Waals surface area contributed by atoms with Crippen molar-refractivity contribution in [1.82, 2.24) is 4.90 Å². The second-order valence-electron chi connectivity index (χ2n) is 6.75. The van der Waals surface area contributed by atoms with Gasteiger partial charge in [-0.25, -0.2) is 0 Å². The third-order valence-electron chi connectivity index (χ3n) is 4.59. The summed E-state index contributed by atoms with van der Waals surface area (Å²) in [7, 11) is 0. The molecule has 1 amide bonds. The Balaban J connectivity index is 1.82. The lowest BCUT2D eigenvalue weighted by Crippen LogP contribution is -2.35. The summed E-state index contributed by atoms with van der Waals surface area (Å²) < 4.78 is 0. The summed E-state index contributed by atoms with van der Waals surface area (Å²) in [4.78, 5) is 14.1. The van der Waals surface area contributed by atoms with Crippen LogP contribution in [0.3, 0.4) is 0 Å². The van der Waals surface area contributed by atoms with Crippen LogP contribution in [0.1, 0.15) is 52.9 Å². The summed E-state index contributed by atoms with van der Waals surface area (Å²) in [6, 6.07) is 0. The highest BCUT2D eigenvalue weighted by Crippen LogP contribution is 2.48. The Morgan fingerprint density at radius 2 is 2.16 bits per heavy atom. The van der Waals surface area contributed by atoms with E-state index in [9.17, 15) is 4.79 Å². The van der Waals surface area contributed by atoms with E-state index in [0.717, 1.165) is 30.8 Å². The molecule has 3 unspecified atom stereocenters. The Labute approximate surface area is 118 Å². The molecule has 0 heterocycles. The van der Waals surface area contributed by atoms with Crippen LogP contribution in [0.2, 0.25) is 0 Å². The first-order chi connectivity index (χ1) is 9.11. The van der Waals surface area contributed by atoms with Gasteiger partial charge in [0.15, 0.2) is 0 Å². The van der Waals surface area contributed by atoms with Crippen molar-refractivity contribution >= 4 is 5.91 Å². The van der Waals surface area contributed by atoms with Crippen molar-refractivity contribution in [3.8, 4) is 0 Å². The predicted octanol–water partition coefficient (Wildman–Crippen LogP) is 3.87. The normalized spacial score (nSPS) is 29.6. The minimum absolute atomic E-state index is 0.336. The molecule has 2 rings (SSSR count). The monoisotopic (exact) mass is 263 g/mol. The second-order valence-corrected chi connectivity index (χ2v) is 6.75. The number of rotatable bonds is 6. The summed E-state index contributed by atoms with van der Waals surface area (Å²) in [6.07, 6.45) is 10.6. The van der Waals surface area contributed by atoms with Gasteiger partial charge in [0.25, 0.3) is 0 Å². The Kier molecular flexibility index (Phi) is 5.06. The lowest BCUT2D eigenvalue weighted by atomic mass is 9.89. The highest BCUT2D eigenvalue weighted by molar-refractivity contribution is 5.75. The van der Waals surface area contributed by atoms with Gasteiger partial charge in [-0.15, -0.1) is 0 Å². The first-order valence-corrected chi connectivity index (χ1v) is 8.04. The van der Waals surface area contributed by atoms with Crippen LogP contribution in [0.5, 0.6) is 0 Å². The number of carbonyl (C=O) groups excluding carboxylic acids is 1. The Hall–Kier alpha value is -0.790. The summed E-state index contributed by atoms with van der Waals surface area (Å²) in [5.41, 5.74) is 0. The average molecular weight is 263 g/mol. The zero-order chi connectivity index (χ0) is 13.8. The van der Waals surface area contributed by atoms with Gasteiger partial charge in [-0.2, -0.15) is 0 Å². The molecule has 2 aliphatic rings. The largest absolute Gasteiger partial charge is 0.342 e. The highest BCUT2D eigenvalue weighted by Gasteiger charge is 2.43. The zero-order valence-electron chi connectivity index (χ0n) is 12.8. The van der Waals surface area contributed by atoms with E-state index in [1.165, 1.54) is 25.7 Å². The van der Waals surface area contributed by atoms with Gasteiger partial charge in [0.2, 0.25) is 5.91 Å². The molecule has 0 N–H and O–H groups in total. The fraction of sp³-hybridized carbons (Fsp3) is 0.824. The summed E-state index contributed by atoms with van der Waals surface area (Å²) in [5.74, 6) is 3.48. The molecule has 108 valence electrons. The van der Waals surface area contributed by atoms with Crippen molar-refractivity contribution in [3.05, 3.63) is 12.2 Å². The van der Waals surface area contributed by atoms with Crippen LogP contribution >= 0.6 is 0 Å². The molecule has 1 fully saturated rings. The maximum Gasteiger partial charge on any atom is 0.222 e. The van der Waals surface area contributed by atoms with Gasteiger partial charge in [-0.1, -0.05) is 32.9 Å². The van der Waals surface area contributed by atoms with Crippen LogP contribution in [-0.2, 0) is 4.79 Å². The highest BCUT2D eigenvalue weighted by atomic mass is 16.2. The van der Waals surface area contributed by atoms with Crippen molar-refractivity contribution in [1.29, 1.82) is 0 Å². The molecular formula is C17H29NO. The van der Waals surface area contributed by atoms with Gasteiger partial charge >= 0.3 is 0 Å². The quantitative estimate of drug-likeness (QED) is 0.666. The van der Waals surface area contributed by atoms with Gasteiger partial charge in [0, 0.05) is 19.5 Å². The SMILES string of the molecule is CCC(=O)N(CC(C)C)CC1CC1C1CC=CCC1. The van der Waals surface area contributed by atoms with E-state index in [2.05, 4.69) is 30.9 Å². The van der Waals surface area contributed by atoms with E-state index in [1.54, 1.807) is 0 Å². The van der Waals surface area contributed by atoms with E-state index in [-0.39, 0.29) is 0 Å². The predicted molar refractivity (Wildman–Crippen MR) is 79.8 cm³/mol. The van der Waals surface area contributed by atoms with Crippen molar-refractivity contribution in [3.63, 3.8) is 0 Å². The van der Waals surface area contributed by atoms with Gasteiger partial charge < -0.3 is 4.90 Å². The molecule has 19 heavy (non-hydrogen) atoms. The van der Waals surface area contributed by atoms with Crippen molar-refractivity contribution < 1.29 is 4.79 Å². The maximum absolute atomic E-state index is 12.0. The molecule has 0 aromatic carbocycles. The van der Waals surface area contributed by atoms with Crippen molar-refractivity contribution in [2.45, 2.75) is 52.9 Å². The van der Waals surface area contributed by atoms with Gasteiger partial charge in [0.1, 0.15) is 0 Å². The van der Waals surface area contributed by atoms with Crippen LogP contribution in [-0.4, -0.2) is 23.9 Å². The van der Waals surface area contributed by atoms with Crippen LogP contribution in [0, 0.1) is 23.7 Å². The first kappa shape index (κ1) is 14.6. The Morgan fingerprint density at radius 3 is 2.74 bits per heavy atom. The smallest absolute Gasteiger partial charge is 0.222 e. The number of nitrogens with zero attached hydrogens (tertiary/aromatic N) is 1. The first-order valence-electron chi connectivity index (χ1n) is 8.04. The van der Waals surface area contributed by atoms with E-state index in [4.69, 9.17) is 0 Å². The van der Waals surface area contributed by atoms with E-state index in [1.807, 2.05) is 6.92 Å². The van der Waals surface area contributed by atoms with E-state index < -0.39 is 0 Å². The summed E-state index contributed by atoms with van der Waals surface area (Å²) in [6.45, 7) is 8.32. The molecule has 0 aromatic rings. The fourth-order valence-electron chi connectivity index (χ4n) is 3.49. The molecule has 0 aliphatic heterocycles.